The highest BCUT2D eigenvalue weighted by Gasteiger charge is 2.26. The van der Waals surface area contributed by atoms with Gasteiger partial charge in [-0.15, -0.1) is 11.3 Å². The summed E-state index contributed by atoms with van der Waals surface area (Å²) in [7, 11) is 1.33. The number of ether oxygens (including phenoxy) is 1. The molecule has 1 atom stereocenters. The fourth-order valence-corrected chi connectivity index (χ4v) is 4.58. The van der Waals surface area contributed by atoms with Gasteiger partial charge >= 0.3 is 5.97 Å². The Morgan fingerprint density at radius 2 is 2.08 bits per heavy atom. The number of nitrogens with one attached hydrogen (secondary N) is 1. The van der Waals surface area contributed by atoms with Crippen molar-refractivity contribution >= 4 is 45.1 Å². The van der Waals surface area contributed by atoms with Gasteiger partial charge in [-0.3, -0.25) is 4.79 Å². The molecule has 3 rings (SSSR count). The first-order valence-electron chi connectivity index (χ1n) is 7.60. The van der Waals surface area contributed by atoms with Gasteiger partial charge in [0.05, 0.1) is 33.8 Å². The summed E-state index contributed by atoms with van der Waals surface area (Å²) in [6.45, 7) is 5.35. The van der Waals surface area contributed by atoms with E-state index in [-0.39, 0.29) is 11.0 Å². The van der Waals surface area contributed by atoms with Gasteiger partial charge in [0, 0.05) is 5.69 Å². The molecule has 0 aliphatic carbocycles. The number of aromatic amines is 1. The molecule has 3 heterocycles. The molecule has 0 radical (unpaired) electrons. The van der Waals surface area contributed by atoms with Gasteiger partial charge in [-0.1, -0.05) is 11.8 Å². The van der Waals surface area contributed by atoms with E-state index in [0.29, 0.717) is 22.5 Å². The van der Waals surface area contributed by atoms with Crippen LogP contribution in [0.2, 0.25) is 0 Å². The number of carbonyl (C=O) groups is 2. The lowest BCUT2D eigenvalue weighted by Crippen LogP contribution is -2.15. The number of H-pyrrole nitrogens is 1. The lowest BCUT2D eigenvalue weighted by atomic mass is 10.1. The van der Waals surface area contributed by atoms with Crippen LogP contribution in [-0.4, -0.2) is 39.1 Å². The van der Waals surface area contributed by atoms with Crippen molar-refractivity contribution in [2.45, 2.75) is 31.0 Å². The Balaban J connectivity index is 1.88. The van der Waals surface area contributed by atoms with Crippen LogP contribution in [0, 0.1) is 13.8 Å². The van der Waals surface area contributed by atoms with Gasteiger partial charge in [0.2, 0.25) is 0 Å². The molecule has 8 heteroatoms. The van der Waals surface area contributed by atoms with E-state index in [1.54, 1.807) is 25.2 Å². The molecule has 0 aromatic carbocycles. The molecule has 0 aliphatic rings. The van der Waals surface area contributed by atoms with E-state index in [2.05, 4.69) is 15.0 Å². The average Bonchev–Trinajstić information content (AvgIpc) is 3.18. The fraction of sp³-hybridized carbons (Fsp3) is 0.294. The number of thioether (sulfide) groups is 1. The first-order chi connectivity index (χ1) is 11.9. The molecule has 0 amide bonds. The summed E-state index contributed by atoms with van der Waals surface area (Å²) in [5.41, 5.74) is 2.99. The van der Waals surface area contributed by atoms with Crippen molar-refractivity contribution in [1.82, 2.24) is 15.0 Å². The van der Waals surface area contributed by atoms with Crippen molar-refractivity contribution < 1.29 is 14.3 Å². The molecule has 0 aliphatic heterocycles. The van der Waals surface area contributed by atoms with Gasteiger partial charge < -0.3 is 9.72 Å². The molecule has 0 saturated heterocycles. The van der Waals surface area contributed by atoms with Gasteiger partial charge in [-0.2, -0.15) is 0 Å². The van der Waals surface area contributed by atoms with Crippen LogP contribution in [0.25, 0.3) is 10.2 Å². The molecule has 0 spiro atoms. The Morgan fingerprint density at radius 3 is 2.80 bits per heavy atom. The monoisotopic (exact) mass is 375 g/mol. The number of hydrogen-bond donors (Lipinski definition) is 1. The van der Waals surface area contributed by atoms with Crippen molar-refractivity contribution in [2.24, 2.45) is 0 Å². The highest BCUT2D eigenvalue weighted by Crippen LogP contribution is 2.33. The zero-order valence-corrected chi connectivity index (χ0v) is 15.9. The van der Waals surface area contributed by atoms with Gasteiger partial charge in [-0.25, -0.2) is 14.8 Å². The number of aromatic nitrogens is 3. The number of ketones is 1. The third-order valence-corrected chi connectivity index (χ3v) is 6.08. The molecule has 0 unspecified atom stereocenters. The number of hydrogen-bond acceptors (Lipinski definition) is 7. The minimum absolute atomic E-state index is 0.0796. The predicted octanol–water partition coefficient (Wildman–Crippen LogP) is 3.79. The van der Waals surface area contributed by atoms with Crippen LogP contribution in [0.3, 0.4) is 0 Å². The number of Topliss-reactive ketones (excluding diaryl/α,β-unsaturated/α-hetero) is 1. The minimum atomic E-state index is -0.443. The Kier molecular flexibility index (Phi) is 4.91. The molecule has 130 valence electrons. The third-order valence-electron chi connectivity index (χ3n) is 3.94. The van der Waals surface area contributed by atoms with E-state index in [0.717, 1.165) is 15.2 Å². The van der Waals surface area contributed by atoms with Gasteiger partial charge in [0.1, 0.15) is 11.4 Å². The van der Waals surface area contributed by atoms with Gasteiger partial charge in [0.15, 0.2) is 5.78 Å². The molecule has 25 heavy (non-hydrogen) atoms. The van der Waals surface area contributed by atoms with E-state index in [9.17, 15) is 9.59 Å². The van der Waals surface area contributed by atoms with Crippen LogP contribution < -0.4 is 0 Å². The number of nitrogens with zero attached hydrogens (tertiary/aromatic N) is 2. The molecule has 1 N–H and O–H groups in total. The van der Waals surface area contributed by atoms with Crippen LogP contribution in [0.5, 0.6) is 0 Å². The van der Waals surface area contributed by atoms with Crippen LogP contribution in [0.1, 0.15) is 39.0 Å². The molecule has 0 saturated carbocycles. The average molecular weight is 375 g/mol. The van der Waals surface area contributed by atoms with Crippen LogP contribution in [0.4, 0.5) is 0 Å². The number of carbonyl (C=O) groups excluding carboxylic acids is 2. The zero-order chi connectivity index (χ0) is 18.1. The molecule has 3 aromatic heterocycles. The predicted molar refractivity (Wildman–Crippen MR) is 98.7 cm³/mol. The Morgan fingerprint density at radius 1 is 1.32 bits per heavy atom. The normalized spacial score (nSPS) is 12.3. The van der Waals surface area contributed by atoms with E-state index in [1.807, 2.05) is 18.4 Å². The lowest BCUT2D eigenvalue weighted by Gasteiger charge is -2.10. The SMILES string of the molecule is COC(=O)c1c(C)[nH]c(C(=O)[C@@H](C)Sc2ncnc3ccsc23)c1C. The van der Waals surface area contributed by atoms with Crippen LogP contribution in [-0.2, 0) is 4.74 Å². The third kappa shape index (κ3) is 3.19. The van der Waals surface area contributed by atoms with Gasteiger partial charge in [-0.05, 0) is 37.8 Å². The molecular weight excluding hydrogens is 358 g/mol. The van der Waals surface area contributed by atoms with E-state index in [1.165, 1.54) is 25.2 Å². The Bertz CT molecular complexity index is 961. The first-order valence-corrected chi connectivity index (χ1v) is 9.36. The Hall–Kier alpha value is -2.19. The minimum Gasteiger partial charge on any atom is -0.465 e. The second kappa shape index (κ2) is 6.97. The summed E-state index contributed by atoms with van der Waals surface area (Å²) in [6, 6.07) is 1.93. The summed E-state index contributed by atoms with van der Waals surface area (Å²) in [6.07, 6.45) is 1.51. The summed E-state index contributed by atoms with van der Waals surface area (Å²) < 4.78 is 5.77. The Labute approximate surface area is 153 Å². The maximum absolute atomic E-state index is 12.9. The van der Waals surface area contributed by atoms with Crippen molar-refractivity contribution in [3.05, 3.63) is 40.3 Å². The first kappa shape index (κ1) is 17.6. The fourth-order valence-electron chi connectivity index (χ4n) is 2.68. The second-order valence-corrected chi connectivity index (χ2v) is 7.80. The quantitative estimate of drug-likeness (QED) is 0.316. The maximum atomic E-state index is 12.9. The molecule has 0 bridgehead atoms. The topological polar surface area (TPSA) is 84.9 Å². The summed E-state index contributed by atoms with van der Waals surface area (Å²) in [5, 5.41) is 2.38. The number of rotatable bonds is 5. The standard InChI is InChI=1S/C17H17N3O3S2/c1-8-12(17(22)23-4)9(2)20-13(8)14(21)10(3)25-16-15-11(5-6-24-15)18-7-19-16/h5-7,10,20H,1-4H3/t10-/m1/s1. The van der Waals surface area contributed by atoms with E-state index < -0.39 is 5.97 Å². The largest absolute Gasteiger partial charge is 0.465 e. The van der Waals surface area contributed by atoms with Crippen LogP contribution in [0.15, 0.2) is 22.8 Å². The summed E-state index contributed by atoms with van der Waals surface area (Å²) in [4.78, 5) is 36.3. The number of esters is 1. The van der Waals surface area contributed by atoms with Crippen molar-refractivity contribution in [1.29, 1.82) is 0 Å². The molecular formula is C17H17N3O3S2. The second-order valence-electron chi connectivity index (χ2n) is 5.55. The van der Waals surface area contributed by atoms with Crippen molar-refractivity contribution in [2.75, 3.05) is 7.11 Å². The van der Waals surface area contributed by atoms with Crippen LogP contribution >= 0.6 is 23.1 Å². The molecule has 6 nitrogen and oxygen atoms in total. The number of fused-ring (bicyclic) bond motifs is 1. The smallest absolute Gasteiger partial charge is 0.339 e. The highest BCUT2D eigenvalue weighted by molar-refractivity contribution is 8.00. The summed E-state index contributed by atoms with van der Waals surface area (Å²) in [5.74, 6) is -0.522. The number of thiophene rings is 1. The summed E-state index contributed by atoms with van der Waals surface area (Å²) >= 11 is 2.95. The van der Waals surface area contributed by atoms with Crippen molar-refractivity contribution in [3.63, 3.8) is 0 Å². The number of methoxy groups -OCH3 is 1. The molecule has 0 fully saturated rings. The maximum Gasteiger partial charge on any atom is 0.339 e. The van der Waals surface area contributed by atoms with Gasteiger partial charge in [0.25, 0.3) is 0 Å². The lowest BCUT2D eigenvalue weighted by molar-refractivity contribution is 0.0599. The highest BCUT2D eigenvalue weighted by atomic mass is 32.2. The van der Waals surface area contributed by atoms with E-state index in [4.69, 9.17) is 4.74 Å². The molecule has 3 aromatic rings. The number of aryl methyl sites for hydroxylation is 1. The van der Waals surface area contributed by atoms with E-state index >= 15 is 0 Å². The zero-order valence-electron chi connectivity index (χ0n) is 14.2. The van der Waals surface area contributed by atoms with Crippen molar-refractivity contribution in [3.8, 4) is 0 Å².